The van der Waals surface area contributed by atoms with Crippen molar-refractivity contribution in [2.24, 2.45) is 5.73 Å². The quantitative estimate of drug-likeness (QED) is 0.805. The van der Waals surface area contributed by atoms with Gasteiger partial charge in [-0.25, -0.2) is 0 Å². The number of methoxy groups -OCH3 is 1. The first kappa shape index (κ1) is 10.5. The predicted octanol–water partition coefficient (Wildman–Crippen LogP) is 2.73. The van der Waals surface area contributed by atoms with Gasteiger partial charge in [0.25, 0.3) is 0 Å². The van der Waals surface area contributed by atoms with Crippen molar-refractivity contribution in [1.29, 1.82) is 0 Å². The molecule has 0 amide bonds. The molecular formula is C13H19NO. The van der Waals surface area contributed by atoms with Crippen molar-refractivity contribution in [2.45, 2.75) is 38.1 Å². The lowest BCUT2D eigenvalue weighted by atomic mass is 9.88. The first-order valence-electron chi connectivity index (χ1n) is 5.60. The molecule has 1 aliphatic rings. The smallest absolute Gasteiger partial charge is 0.124 e. The zero-order valence-corrected chi connectivity index (χ0v) is 9.55. The summed E-state index contributed by atoms with van der Waals surface area (Å²) in [5.74, 6) is 0.944. The summed E-state index contributed by atoms with van der Waals surface area (Å²) in [5, 5.41) is 0. The number of hydrogen-bond acceptors (Lipinski definition) is 2. The maximum Gasteiger partial charge on any atom is 0.124 e. The molecule has 2 heteroatoms. The Hall–Kier alpha value is -1.02. The van der Waals surface area contributed by atoms with Crippen LogP contribution >= 0.6 is 0 Å². The molecule has 0 heterocycles. The van der Waals surface area contributed by atoms with Crippen LogP contribution in [0, 0.1) is 6.92 Å². The highest BCUT2D eigenvalue weighted by molar-refractivity contribution is 5.42. The summed E-state index contributed by atoms with van der Waals surface area (Å²) < 4.78 is 5.42. The van der Waals surface area contributed by atoms with Gasteiger partial charge in [-0.1, -0.05) is 25.0 Å². The average Bonchev–Trinajstić information content (AvgIpc) is 2.66. The molecule has 0 radical (unpaired) electrons. The molecule has 0 aliphatic heterocycles. The molecular weight excluding hydrogens is 186 g/mol. The molecule has 15 heavy (non-hydrogen) atoms. The molecule has 0 aromatic heterocycles. The molecule has 0 saturated heterocycles. The second-order valence-electron chi connectivity index (χ2n) is 4.57. The van der Waals surface area contributed by atoms with Gasteiger partial charge in [0.1, 0.15) is 5.75 Å². The molecule has 1 aromatic rings. The van der Waals surface area contributed by atoms with Crippen molar-refractivity contribution in [2.75, 3.05) is 7.11 Å². The second kappa shape index (κ2) is 3.86. The molecule has 1 aromatic carbocycles. The van der Waals surface area contributed by atoms with Crippen LogP contribution in [-0.2, 0) is 5.54 Å². The third kappa shape index (κ3) is 1.86. The molecule has 0 bridgehead atoms. The lowest BCUT2D eigenvalue weighted by Gasteiger charge is -2.26. The van der Waals surface area contributed by atoms with Crippen LogP contribution in [0.1, 0.15) is 36.8 Å². The summed E-state index contributed by atoms with van der Waals surface area (Å²) in [7, 11) is 1.72. The Labute approximate surface area is 91.4 Å². The fourth-order valence-electron chi connectivity index (χ4n) is 2.49. The fraction of sp³-hybridized carbons (Fsp3) is 0.538. The largest absolute Gasteiger partial charge is 0.496 e. The van der Waals surface area contributed by atoms with E-state index in [9.17, 15) is 0 Å². The van der Waals surface area contributed by atoms with Crippen LogP contribution in [0.4, 0.5) is 0 Å². The van der Waals surface area contributed by atoms with E-state index in [0.29, 0.717) is 0 Å². The standard InChI is InChI=1S/C13H19NO/c1-10-5-6-11(12(9-10)15-2)13(14)7-3-4-8-13/h5-6,9H,3-4,7-8,14H2,1-2H3. The zero-order valence-electron chi connectivity index (χ0n) is 9.55. The number of rotatable bonds is 2. The van der Waals surface area contributed by atoms with Gasteiger partial charge < -0.3 is 10.5 Å². The highest BCUT2D eigenvalue weighted by Crippen LogP contribution is 2.40. The molecule has 82 valence electrons. The molecule has 1 saturated carbocycles. The highest BCUT2D eigenvalue weighted by Gasteiger charge is 2.33. The Bertz CT molecular complexity index is 354. The van der Waals surface area contributed by atoms with Crippen LogP contribution in [0.5, 0.6) is 5.75 Å². The van der Waals surface area contributed by atoms with Gasteiger partial charge in [-0.15, -0.1) is 0 Å². The van der Waals surface area contributed by atoms with E-state index in [2.05, 4.69) is 25.1 Å². The third-order valence-electron chi connectivity index (χ3n) is 3.39. The van der Waals surface area contributed by atoms with Gasteiger partial charge >= 0.3 is 0 Å². The van der Waals surface area contributed by atoms with E-state index in [1.54, 1.807) is 7.11 Å². The number of ether oxygens (including phenoxy) is 1. The van der Waals surface area contributed by atoms with Crippen LogP contribution in [0.3, 0.4) is 0 Å². The van der Waals surface area contributed by atoms with Crippen molar-refractivity contribution in [1.82, 2.24) is 0 Å². The molecule has 2 rings (SSSR count). The topological polar surface area (TPSA) is 35.2 Å². The maximum atomic E-state index is 6.43. The molecule has 0 atom stereocenters. The summed E-state index contributed by atoms with van der Waals surface area (Å²) in [5.41, 5.74) is 8.67. The SMILES string of the molecule is COc1cc(C)ccc1C1(N)CCCC1. The van der Waals surface area contributed by atoms with Crippen LogP contribution < -0.4 is 10.5 Å². The van der Waals surface area contributed by atoms with Gasteiger partial charge in [0.2, 0.25) is 0 Å². The molecule has 1 fully saturated rings. The Morgan fingerprint density at radius 3 is 2.53 bits per heavy atom. The Balaban J connectivity index is 2.42. The van der Waals surface area contributed by atoms with Crippen molar-refractivity contribution in [3.8, 4) is 5.75 Å². The van der Waals surface area contributed by atoms with E-state index in [1.807, 2.05) is 0 Å². The normalized spacial score (nSPS) is 19.1. The summed E-state index contributed by atoms with van der Waals surface area (Å²) in [6, 6.07) is 6.31. The van der Waals surface area contributed by atoms with E-state index in [-0.39, 0.29) is 5.54 Å². The minimum absolute atomic E-state index is 0.154. The molecule has 2 nitrogen and oxygen atoms in total. The number of aryl methyl sites for hydroxylation is 1. The van der Waals surface area contributed by atoms with E-state index >= 15 is 0 Å². The number of nitrogens with two attached hydrogens (primary N) is 1. The van der Waals surface area contributed by atoms with Crippen LogP contribution in [0.15, 0.2) is 18.2 Å². The number of hydrogen-bond donors (Lipinski definition) is 1. The summed E-state index contributed by atoms with van der Waals surface area (Å²) >= 11 is 0. The van der Waals surface area contributed by atoms with Crippen LogP contribution in [0.25, 0.3) is 0 Å². The van der Waals surface area contributed by atoms with Crippen molar-refractivity contribution >= 4 is 0 Å². The highest BCUT2D eigenvalue weighted by atomic mass is 16.5. The second-order valence-corrected chi connectivity index (χ2v) is 4.57. The first-order chi connectivity index (χ1) is 7.15. The van der Waals surface area contributed by atoms with Gasteiger partial charge in [-0.3, -0.25) is 0 Å². The lowest BCUT2D eigenvalue weighted by Crippen LogP contribution is -2.33. The third-order valence-corrected chi connectivity index (χ3v) is 3.39. The minimum atomic E-state index is -0.154. The summed E-state index contributed by atoms with van der Waals surface area (Å²) in [6.07, 6.45) is 4.61. The van der Waals surface area contributed by atoms with Gasteiger partial charge in [-0.05, 0) is 31.4 Å². The fourth-order valence-corrected chi connectivity index (χ4v) is 2.49. The predicted molar refractivity (Wildman–Crippen MR) is 62.1 cm³/mol. The van der Waals surface area contributed by atoms with Gasteiger partial charge in [0, 0.05) is 11.1 Å². The number of benzene rings is 1. The Morgan fingerprint density at radius 1 is 1.27 bits per heavy atom. The monoisotopic (exact) mass is 205 g/mol. The van der Waals surface area contributed by atoms with Crippen molar-refractivity contribution < 1.29 is 4.74 Å². The summed E-state index contributed by atoms with van der Waals surface area (Å²) in [4.78, 5) is 0. The Kier molecular flexibility index (Phi) is 2.70. The maximum absolute atomic E-state index is 6.43. The lowest BCUT2D eigenvalue weighted by molar-refractivity contribution is 0.379. The summed E-state index contributed by atoms with van der Waals surface area (Å²) in [6.45, 7) is 2.07. The van der Waals surface area contributed by atoms with Gasteiger partial charge in [0.15, 0.2) is 0 Å². The van der Waals surface area contributed by atoms with Crippen molar-refractivity contribution in [3.63, 3.8) is 0 Å². The van der Waals surface area contributed by atoms with E-state index in [1.165, 1.54) is 24.0 Å². The van der Waals surface area contributed by atoms with Gasteiger partial charge in [0.05, 0.1) is 7.11 Å². The Morgan fingerprint density at radius 2 is 1.93 bits per heavy atom. The molecule has 0 spiro atoms. The minimum Gasteiger partial charge on any atom is -0.496 e. The van der Waals surface area contributed by atoms with Crippen LogP contribution in [0.2, 0.25) is 0 Å². The van der Waals surface area contributed by atoms with E-state index in [4.69, 9.17) is 10.5 Å². The van der Waals surface area contributed by atoms with Crippen LogP contribution in [-0.4, -0.2) is 7.11 Å². The van der Waals surface area contributed by atoms with Crippen molar-refractivity contribution in [3.05, 3.63) is 29.3 Å². The molecule has 2 N–H and O–H groups in total. The average molecular weight is 205 g/mol. The zero-order chi connectivity index (χ0) is 10.9. The van der Waals surface area contributed by atoms with E-state index < -0.39 is 0 Å². The molecule has 0 unspecified atom stereocenters. The van der Waals surface area contributed by atoms with E-state index in [0.717, 1.165) is 18.6 Å². The first-order valence-corrected chi connectivity index (χ1v) is 5.60. The van der Waals surface area contributed by atoms with Gasteiger partial charge in [-0.2, -0.15) is 0 Å². The molecule has 1 aliphatic carbocycles.